The Kier molecular flexibility index (Phi) is 5.14. The number of amides is 1. The minimum absolute atomic E-state index is 0.0905. The van der Waals surface area contributed by atoms with E-state index in [1.54, 1.807) is 37.6 Å². The monoisotopic (exact) mass is 241 g/mol. The number of hydrogen-bond acceptors (Lipinski definition) is 3. The van der Waals surface area contributed by atoms with Gasteiger partial charge in [-0.15, -0.1) is 0 Å². The Balaban J connectivity index is 2.55. The molecule has 0 saturated heterocycles. The lowest BCUT2D eigenvalue weighted by Gasteiger charge is -2.05. The highest BCUT2D eigenvalue weighted by molar-refractivity contribution is 7.84. The molecule has 0 saturated carbocycles. The quantitative estimate of drug-likeness (QED) is 0.847. The van der Waals surface area contributed by atoms with E-state index >= 15 is 0 Å². The molecule has 1 rings (SSSR count). The molecule has 0 aliphatic rings. The lowest BCUT2D eigenvalue weighted by Crippen LogP contribution is -2.13. The molecule has 0 fully saturated rings. The Labute approximate surface area is 97.5 Å². The predicted molar refractivity (Wildman–Crippen MR) is 63.9 cm³/mol. The van der Waals surface area contributed by atoms with Crippen LogP contribution in [0.3, 0.4) is 0 Å². The Hall–Kier alpha value is -1.20. The first-order valence-electron chi connectivity index (χ1n) is 4.86. The highest BCUT2D eigenvalue weighted by Gasteiger charge is 2.02. The summed E-state index contributed by atoms with van der Waals surface area (Å²) in [6.07, 6.45) is 1.95. The van der Waals surface area contributed by atoms with Crippen LogP contribution in [0, 0.1) is 0 Å². The number of carbonyl (C=O) groups is 1. The van der Waals surface area contributed by atoms with Gasteiger partial charge in [-0.1, -0.05) is 0 Å². The fraction of sp³-hybridized carbons (Fsp3) is 0.364. The average Bonchev–Trinajstić information content (AvgIpc) is 2.27. The van der Waals surface area contributed by atoms with Gasteiger partial charge in [0.25, 0.3) is 0 Å². The summed E-state index contributed by atoms with van der Waals surface area (Å²) in [5.74, 6) is -0.0905. The van der Waals surface area contributed by atoms with Gasteiger partial charge in [0.15, 0.2) is 0 Å². The fourth-order valence-electron chi connectivity index (χ4n) is 1.15. The molecular formula is C11H15NO3S. The van der Waals surface area contributed by atoms with Crippen molar-refractivity contribution in [2.45, 2.75) is 11.3 Å². The molecule has 1 atom stereocenters. The minimum Gasteiger partial charge on any atom is -0.384 e. The van der Waals surface area contributed by atoms with Gasteiger partial charge in [0.2, 0.25) is 5.91 Å². The number of carbonyl (C=O) groups excluding carboxylic acids is 1. The molecule has 88 valence electrons. The SMILES string of the molecule is COCCC(=O)Nc1ccc([S@@](C)=O)cc1. The van der Waals surface area contributed by atoms with Crippen molar-refractivity contribution in [3.63, 3.8) is 0 Å². The van der Waals surface area contributed by atoms with Crippen molar-refractivity contribution in [1.82, 2.24) is 0 Å². The van der Waals surface area contributed by atoms with Crippen molar-refractivity contribution in [3.8, 4) is 0 Å². The standard InChI is InChI=1S/C11H15NO3S/c1-15-8-7-11(13)12-9-3-5-10(6-4-9)16(2)14/h3-6H,7-8H2,1-2H3,(H,12,13)/t16-/m1/s1. The first-order chi connectivity index (χ1) is 7.63. The fourth-order valence-corrected chi connectivity index (χ4v) is 1.67. The van der Waals surface area contributed by atoms with Gasteiger partial charge in [-0.3, -0.25) is 9.00 Å². The summed E-state index contributed by atoms with van der Waals surface area (Å²) in [6.45, 7) is 0.406. The van der Waals surface area contributed by atoms with Gasteiger partial charge >= 0.3 is 0 Å². The zero-order valence-corrected chi connectivity index (χ0v) is 10.2. The molecule has 1 amide bonds. The maximum absolute atomic E-state index is 11.3. The zero-order valence-electron chi connectivity index (χ0n) is 9.36. The van der Waals surface area contributed by atoms with Gasteiger partial charge in [0, 0.05) is 34.7 Å². The van der Waals surface area contributed by atoms with Crippen molar-refractivity contribution >= 4 is 22.4 Å². The van der Waals surface area contributed by atoms with Crippen LogP contribution in [0.4, 0.5) is 5.69 Å². The van der Waals surface area contributed by atoms with E-state index in [1.807, 2.05) is 0 Å². The third-order valence-electron chi connectivity index (χ3n) is 2.00. The van der Waals surface area contributed by atoms with E-state index in [4.69, 9.17) is 4.74 Å². The van der Waals surface area contributed by atoms with E-state index in [-0.39, 0.29) is 5.91 Å². The number of hydrogen-bond donors (Lipinski definition) is 1. The molecule has 0 aliphatic heterocycles. The Morgan fingerprint density at radius 2 is 2.00 bits per heavy atom. The molecule has 1 aromatic rings. The van der Waals surface area contributed by atoms with Crippen LogP contribution in [-0.4, -0.2) is 30.1 Å². The summed E-state index contributed by atoms with van der Waals surface area (Å²) in [5.41, 5.74) is 0.704. The molecule has 0 aliphatic carbocycles. The van der Waals surface area contributed by atoms with Gasteiger partial charge in [-0.05, 0) is 24.3 Å². The summed E-state index contributed by atoms with van der Waals surface area (Å²) >= 11 is 0. The molecule has 0 spiro atoms. The van der Waals surface area contributed by atoms with Crippen LogP contribution < -0.4 is 5.32 Å². The highest BCUT2D eigenvalue weighted by atomic mass is 32.2. The summed E-state index contributed by atoms with van der Waals surface area (Å²) in [4.78, 5) is 12.1. The van der Waals surface area contributed by atoms with Gasteiger partial charge in [0.1, 0.15) is 0 Å². The van der Waals surface area contributed by atoms with E-state index in [0.29, 0.717) is 18.7 Å². The smallest absolute Gasteiger partial charge is 0.226 e. The summed E-state index contributed by atoms with van der Waals surface area (Å²) in [7, 11) is 0.567. The normalized spacial score (nSPS) is 12.1. The second kappa shape index (κ2) is 6.40. The number of rotatable bonds is 5. The Morgan fingerprint density at radius 3 is 2.50 bits per heavy atom. The molecule has 16 heavy (non-hydrogen) atoms. The van der Waals surface area contributed by atoms with Crippen molar-refractivity contribution in [3.05, 3.63) is 24.3 Å². The molecule has 4 nitrogen and oxygen atoms in total. The minimum atomic E-state index is -0.987. The van der Waals surface area contributed by atoms with E-state index in [1.165, 1.54) is 0 Å². The molecule has 0 bridgehead atoms. The number of nitrogens with one attached hydrogen (secondary N) is 1. The van der Waals surface area contributed by atoms with Crippen LogP contribution >= 0.6 is 0 Å². The van der Waals surface area contributed by atoms with Crippen molar-refractivity contribution in [2.75, 3.05) is 25.3 Å². The van der Waals surface area contributed by atoms with Crippen LogP contribution in [-0.2, 0) is 20.3 Å². The van der Waals surface area contributed by atoms with Gasteiger partial charge in [0.05, 0.1) is 13.0 Å². The third kappa shape index (κ3) is 4.12. The molecule has 1 aromatic carbocycles. The van der Waals surface area contributed by atoms with Crippen LogP contribution in [0.2, 0.25) is 0 Å². The van der Waals surface area contributed by atoms with E-state index in [2.05, 4.69) is 5.32 Å². The molecule has 0 radical (unpaired) electrons. The lowest BCUT2D eigenvalue weighted by molar-refractivity contribution is -0.117. The van der Waals surface area contributed by atoms with Gasteiger partial charge in [-0.2, -0.15) is 0 Å². The molecular weight excluding hydrogens is 226 g/mol. The Bertz CT molecular complexity index is 375. The lowest BCUT2D eigenvalue weighted by atomic mass is 10.3. The number of methoxy groups -OCH3 is 1. The van der Waals surface area contributed by atoms with Crippen LogP contribution in [0.1, 0.15) is 6.42 Å². The van der Waals surface area contributed by atoms with Crippen molar-refractivity contribution in [1.29, 1.82) is 0 Å². The predicted octanol–water partition coefficient (Wildman–Crippen LogP) is 1.40. The zero-order chi connectivity index (χ0) is 12.0. The Morgan fingerprint density at radius 1 is 1.38 bits per heavy atom. The number of ether oxygens (including phenoxy) is 1. The van der Waals surface area contributed by atoms with Crippen molar-refractivity contribution in [2.24, 2.45) is 0 Å². The van der Waals surface area contributed by atoms with Gasteiger partial charge < -0.3 is 10.1 Å². The summed E-state index contributed by atoms with van der Waals surface area (Å²) in [6, 6.07) is 6.95. The first kappa shape index (κ1) is 12.9. The molecule has 5 heteroatoms. The first-order valence-corrected chi connectivity index (χ1v) is 6.41. The summed E-state index contributed by atoms with van der Waals surface area (Å²) in [5, 5.41) is 2.72. The van der Waals surface area contributed by atoms with Crippen molar-refractivity contribution < 1.29 is 13.7 Å². The second-order valence-electron chi connectivity index (χ2n) is 3.27. The van der Waals surface area contributed by atoms with E-state index in [9.17, 15) is 9.00 Å². The average molecular weight is 241 g/mol. The van der Waals surface area contributed by atoms with Crippen LogP contribution in [0.15, 0.2) is 29.2 Å². The topological polar surface area (TPSA) is 55.4 Å². The number of anilines is 1. The van der Waals surface area contributed by atoms with Crippen LogP contribution in [0.5, 0.6) is 0 Å². The summed E-state index contributed by atoms with van der Waals surface area (Å²) < 4.78 is 15.9. The molecule has 0 heterocycles. The molecule has 1 N–H and O–H groups in total. The maximum Gasteiger partial charge on any atom is 0.226 e. The van der Waals surface area contributed by atoms with Crippen LogP contribution in [0.25, 0.3) is 0 Å². The van der Waals surface area contributed by atoms with E-state index < -0.39 is 10.8 Å². The molecule has 0 unspecified atom stereocenters. The third-order valence-corrected chi connectivity index (χ3v) is 2.94. The second-order valence-corrected chi connectivity index (χ2v) is 4.65. The number of benzene rings is 1. The molecule has 0 aromatic heterocycles. The van der Waals surface area contributed by atoms with Gasteiger partial charge in [-0.25, -0.2) is 0 Å². The largest absolute Gasteiger partial charge is 0.384 e. The highest BCUT2D eigenvalue weighted by Crippen LogP contribution is 2.11. The maximum atomic E-state index is 11.3. The van der Waals surface area contributed by atoms with E-state index in [0.717, 1.165) is 4.90 Å².